The minimum Gasteiger partial charge on any atom is -0.334 e. The third-order valence-electron chi connectivity index (χ3n) is 7.14. The van der Waals surface area contributed by atoms with Crippen LogP contribution in [0.5, 0.6) is 0 Å². The van der Waals surface area contributed by atoms with Crippen LogP contribution in [0.1, 0.15) is 77.3 Å². The van der Waals surface area contributed by atoms with Gasteiger partial charge in [-0.15, -0.1) is 0 Å². The standard InChI is InChI=1S/C26H29FN2O2/c1-16(2)14-28-15-18-4-3-5-23(24(18)26(28)31)25(30)29-21-10-11-22(29)13-19(12-21)17-6-8-20(27)9-7-17/h3-9,16,19,21-22H,10-15H2,1-2H3/t21-,22-/m1/s1. The lowest BCUT2D eigenvalue weighted by Crippen LogP contribution is -2.46. The Balaban J connectivity index is 1.39. The van der Waals surface area contributed by atoms with E-state index in [4.69, 9.17) is 0 Å². The van der Waals surface area contributed by atoms with E-state index in [1.54, 1.807) is 0 Å². The fourth-order valence-corrected chi connectivity index (χ4v) is 5.84. The summed E-state index contributed by atoms with van der Waals surface area (Å²) >= 11 is 0. The summed E-state index contributed by atoms with van der Waals surface area (Å²) in [6, 6.07) is 12.9. The summed E-state index contributed by atoms with van der Waals surface area (Å²) in [7, 11) is 0. The highest BCUT2D eigenvalue weighted by Gasteiger charge is 2.45. The number of hydrogen-bond donors (Lipinski definition) is 0. The van der Waals surface area contributed by atoms with Gasteiger partial charge in [0, 0.05) is 25.2 Å². The highest BCUT2D eigenvalue weighted by Crippen LogP contribution is 2.44. The van der Waals surface area contributed by atoms with Crippen LogP contribution in [0.4, 0.5) is 4.39 Å². The molecule has 162 valence electrons. The third-order valence-corrected chi connectivity index (χ3v) is 7.14. The Morgan fingerprint density at radius 1 is 1.06 bits per heavy atom. The minimum absolute atomic E-state index is 0.00153. The highest BCUT2D eigenvalue weighted by molar-refractivity contribution is 6.09. The van der Waals surface area contributed by atoms with Gasteiger partial charge in [-0.25, -0.2) is 4.39 Å². The zero-order chi connectivity index (χ0) is 21.7. The number of fused-ring (bicyclic) bond motifs is 3. The SMILES string of the molecule is CC(C)CN1Cc2cccc(C(=O)N3[C@@H]4CC[C@@H]3CC(c3ccc(F)cc3)C4)c2C1=O. The molecule has 5 heteroatoms. The van der Waals surface area contributed by atoms with Gasteiger partial charge in [0.05, 0.1) is 11.1 Å². The van der Waals surface area contributed by atoms with Crippen molar-refractivity contribution in [3.8, 4) is 0 Å². The van der Waals surface area contributed by atoms with E-state index in [1.807, 2.05) is 40.1 Å². The van der Waals surface area contributed by atoms with Gasteiger partial charge in [0.25, 0.3) is 11.8 Å². The van der Waals surface area contributed by atoms with E-state index in [2.05, 4.69) is 13.8 Å². The zero-order valence-corrected chi connectivity index (χ0v) is 18.2. The van der Waals surface area contributed by atoms with E-state index in [1.165, 1.54) is 12.1 Å². The molecule has 2 bridgehead atoms. The first-order valence-corrected chi connectivity index (χ1v) is 11.4. The number of nitrogens with zero attached hydrogens (tertiary/aromatic N) is 2. The van der Waals surface area contributed by atoms with Crippen LogP contribution in [0.15, 0.2) is 42.5 Å². The number of halogens is 1. The second kappa shape index (κ2) is 7.77. The van der Waals surface area contributed by atoms with E-state index >= 15 is 0 Å². The summed E-state index contributed by atoms with van der Waals surface area (Å²) in [4.78, 5) is 30.7. The van der Waals surface area contributed by atoms with E-state index in [0.717, 1.165) is 36.8 Å². The Hall–Kier alpha value is -2.69. The summed E-state index contributed by atoms with van der Waals surface area (Å²) in [5.74, 6) is 0.516. The lowest BCUT2D eigenvalue weighted by molar-refractivity contribution is 0.0565. The number of rotatable bonds is 4. The second-order valence-corrected chi connectivity index (χ2v) is 9.74. The molecule has 4 nitrogen and oxygen atoms in total. The van der Waals surface area contributed by atoms with Gasteiger partial charge in [-0.05, 0) is 66.8 Å². The molecule has 2 aromatic rings. The number of amides is 2. The molecule has 3 aliphatic rings. The van der Waals surface area contributed by atoms with Crippen LogP contribution in [0.25, 0.3) is 0 Å². The normalized spacial score (nSPS) is 24.8. The molecule has 0 N–H and O–H groups in total. The minimum atomic E-state index is -0.214. The topological polar surface area (TPSA) is 40.6 Å². The smallest absolute Gasteiger partial charge is 0.255 e. The van der Waals surface area contributed by atoms with Gasteiger partial charge in [0.2, 0.25) is 0 Å². The van der Waals surface area contributed by atoms with E-state index < -0.39 is 0 Å². The number of hydrogen-bond acceptors (Lipinski definition) is 2. The Morgan fingerprint density at radius 3 is 2.39 bits per heavy atom. The summed E-state index contributed by atoms with van der Waals surface area (Å²) < 4.78 is 13.3. The first-order valence-electron chi connectivity index (χ1n) is 11.4. The van der Waals surface area contributed by atoms with Gasteiger partial charge in [-0.3, -0.25) is 9.59 Å². The lowest BCUT2D eigenvalue weighted by Gasteiger charge is -2.39. The molecule has 0 radical (unpaired) electrons. The van der Waals surface area contributed by atoms with E-state index in [-0.39, 0.29) is 29.7 Å². The average molecular weight is 421 g/mol. The molecule has 3 heterocycles. The Labute approximate surface area is 183 Å². The highest BCUT2D eigenvalue weighted by atomic mass is 19.1. The molecule has 0 spiro atoms. The van der Waals surface area contributed by atoms with Crippen LogP contribution in [0.3, 0.4) is 0 Å². The van der Waals surface area contributed by atoms with Gasteiger partial charge in [-0.1, -0.05) is 38.1 Å². The van der Waals surface area contributed by atoms with Crippen molar-refractivity contribution in [2.24, 2.45) is 5.92 Å². The third kappa shape index (κ3) is 3.54. The van der Waals surface area contributed by atoms with Gasteiger partial charge < -0.3 is 9.80 Å². The van der Waals surface area contributed by atoms with Crippen molar-refractivity contribution in [2.45, 2.75) is 64.1 Å². The lowest BCUT2D eigenvalue weighted by atomic mass is 9.84. The molecule has 5 rings (SSSR count). The molecule has 3 aliphatic heterocycles. The second-order valence-electron chi connectivity index (χ2n) is 9.74. The number of benzene rings is 2. The fraction of sp³-hybridized carbons (Fsp3) is 0.462. The fourth-order valence-electron chi connectivity index (χ4n) is 5.84. The van der Waals surface area contributed by atoms with Crippen LogP contribution in [0.2, 0.25) is 0 Å². The molecule has 31 heavy (non-hydrogen) atoms. The maximum atomic E-state index is 13.7. The largest absolute Gasteiger partial charge is 0.334 e. The molecule has 0 saturated carbocycles. The van der Waals surface area contributed by atoms with Crippen molar-refractivity contribution in [1.82, 2.24) is 9.80 Å². The Bertz CT molecular complexity index is 1000. The zero-order valence-electron chi connectivity index (χ0n) is 18.2. The van der Waals surface area contributed by atoms with Crippen molar-refractivity contribution in [1.29, 1.82) is 0 Å². The van der Waals surface area contributed by atoms with Crippen LogP contribution < -0.4 is 0 Å². The molecule has 0 aromatic heterocycles. The summed E-state index contributed by atoms with van der Waals surface area (Å²) in [5.41, 5.74) is 3.29. The maximum Gasteiger partial charge on any atom is 0.255 e. The van der Waals surface area contributed by atoms with Crippen molar-refractivity contribution >= 4 is 11.8 Å². The van der Waals surface area contributed by atoms with Gasteiger partial charge in [-0.2, -0.15) is 0 Å². The van der Waals surface area contributed by atoms with Crippen molar-refractivity contribution in [2.75, 3.05) is 6.54 Å². The quantitative estimate of drug-likeness (QED) is 0.699. The van der Waals surface area contributed by atoms with Crippen LogP contribution in [-0.2, 0) is 6.54 Å². The van der Waals surface area contributed by atoms with Crippen LogP contribution >= 0.6 is 0 Å². The molecule has 0 aliphatic carbocycles. The molecule has 0 unspecified atom stereocenters. The average Bonchev–Trinajstić information content (AvgIpc) is 3.20. The van der Waals surface area contributed by atoms with Crippen molar-refractivity contribution < 1.29 is 14.0 Å². The first kappa shape index (κ1) is 20.2. The molecule has 2 atom stereocenters. The summed E-state index contributed by atoms with van der Waals surface area (Å²) in [6.45, 7) is 5.50. The summed E-state index contributed by atoms with van der Waals surface area (Å²) in [6.07, 6.45) is 3.79. The molecule has 2 amide bonds. The van der Waals surface area contributed by atoms with Gasteiger partial charge in [0.15, 0.2) is 0 Å². The molecular weight excluding hydrogens is 391 g/mol. The molecular formula is C26H29FN2O2. The molecule has 2 saturated heterocycles. The van der Waals surface area contributed by atoms with Gasteiger partial charge in [0.1, 0.15) is 5.82 Å². The van der Waals surface area contributed by atoms with Crippen LogP contribution in [-0.4, -0.2) is 40.2 Å². The summed E-state index contributed by atoms with van der Waals surface area (Å²) in [5, 5.41) is 0. The van der Waals surface area contributed by atoms with Crippen molar-refractivity contribution in [3.63, 3.8) is 0 Å². The van der Waals surface area contributed by atoms with E-state index in [9.17, 15) is 14.0 Å². The van der Waals surface area contributed by atoms with Crippen molar-refractivity contribution in [3.05, 3.63) is 70.5 Å². The van der Waals surface area contributed by atoms with E-state index in [0.29, 0.717) is 36.1 Å². The monoisotopic (exact) mass is 420 g/mol. The molecule has 2 fully saturated rings. The van der Waals surface area contributed by atoms with Gasteiger partial charge >= 0.3 is 0 Å². The predicted molar refractivity (Wildman–Crippen MR) is 117 cm³/mol. The number of carbonyl (C=O) groups is 2. The number of carbonyl (C=O) groups excluding carboxylic acids is 2. The first-order chi connectivity index (χ1) is 14.9. The Morgan fingerprint density at radius 2 is 1.74 bits per heavy atom. The Kier molecular flexibility index (Phi) is 5.07. The van der Waals surface area contributed by atoms with Crippen LogP contribution in [0, 0.1) is 11.7 Å². The molecule has 2 aromatic carbocycles. The predicted octanol–water partition coefficient (Wildman–Crippen LogP) is 4.99. The maximum absolute atomic E-state index is 13.7. The number of piperidine rings is 1.